The highest BCUT2D eigenvalue weighted by atomic mass is 35.5. The summed E-state index contributed by atoms with van der Waals surface area (Å²) < 4.78 is 5.68. The van der Waals surface area contributed by atoms with E-state index in [-0.39, 0.29) is 11.3 Å². The van der Waals surface area contributed by atoms with E-state index in [9.17, 15) is 15.4 Å². The van der Waals surface area contributed by atoms with Crippen molar-refractivity contribution in [3.05, 3.63) is 86.1 Å². The summed E-state index contributed by atoms with van der Waals surface area (Å²) in [7, 11) is 0. The van der Waals surface area contributed by atoms with Crippen molar-refractivity contribution >= 4 is 40.5 Å². The number of rotatable bonds is 4. The van der Waals surface area contributed by atoms with Crippen LogP contribution >= 0.6 is 23.2 Å². The molecule has 5 nitrogen and oxygen atoms in total. The summed E-state index contributed by atoms with van der Waals surface area (Å²) in [6, 6.07) is 16.4. The zero-order valence-corrected chi connectivity index (χ0v) is 14.7. The standard InChI is InChI=1S/C19H10Cl2N2O3/c20-13-5-7-15(17(21)10-13)12(11-22)9-14-6-8-19(26-14)16-3-1-2-4-18(16)23(24)25/h1-10H/b12-9+. The second kappa shape index (κ2) is 7.44. The third-order valence-electron chi connectivity index (χ3n) is 3.62. The molecule has 0 aliphatic heterocycles. The average molecular weight is 385 g/mol. The van der Waals surface area contributed by atoms with E-state index in [0.29, 0.717) is 32.7 Å². The van der Waals surface area contributed by atoms with Crippen LogP contribution in [-0.4, -0.2) is 4.92 Å². The maximum absolute atomic E-state index is 11.2. The number of allylic oxidation sites excluding steroid dienone is 1. The summed E-state index contributed by atoms with van der Waals surface area (Å²) in [6.07, 6.45) is 1.52. The van der Waals surface area contributed by atoms with E-state index in [2.05, 4.69) is 6.07 Å². The van der Waals surface area contributed by atoms with Crippen LogP contribution in [0.1, 0.15) is 11.3 Å². The lowest BCUT2D eigenvalue weighted by Crippen LogP contribution is -1.90. The Bertz CT molecular complexity index is 1060. The molecule has 0 saturated carbocycles. The maximum atomic E-state index is 11.2. The van der Waals surface area contributed by atoms with Gasteiger partial charge in [-0.2, -0.15) is 5.26 Å². The Hall–Kier alpha value is -3.07. The summed E-state index contributed by atoms with van der Waals surface area (Å²) in [6.45, 7) is 0. The van der Waals surface area contributed by atoms with Gasteiger partial charge in [0.05, 0.1) is 27.2 Å². The van der Waals surface area contributed by atoms with E-state index >= 15 is 0 Å². The monoisotopic (exact) mass is 384 g/mol. The molecule has 0 aliphatic carbocycles. The number of hydrogen-bond donors (Lipinski definition) is 0. The van der Waals surface area contributed by atoms with Crippen LogP contribution in [-0.2, 0) is 0 Å². The molecule has 0 amide bonds. The molecule has 0 fully saturated rings. The van der Waals surface area contributed by atoms with E-state index in [0.717, 1.165) is 0 Å². The predicted octanol–water partition coefficient (Wildman–Crippen LogP) is 6.23. The smallest absolute Gasteiger partial charge is 0.280 e. The van der Waals surface area contributed by atoms with Crippen molar-refractivity contribution in [2.24, 2.45) is 0 Å². The number of hydrogen-bond acceptors (Lipinski definition) is 4. The SMILES string of the molecule is N#C/C(=C\c1ccc(-c2ccccc2[N+](=O)[O-])o1)c1ccc(Cl)cc1Cl. The molecule has 0 aliphatic rings. The van der Waals surface area contributed by atoms with Gasteiger partial charge >= 0.3 is 0 Å². The van der Waals surface area contributed by atoms with Crippen LogP contribution in [0.25, 0.3) is 23.0 Å². The van der Waals surface area contributed by atoms with Crippen LogP contribution in [0.2, 0.25) is 10.0 Å². The van der Waals surface area contributed by atoms with Crippen molar-refractivity contribution in [2.75, 3.05) is 0 Å². The second-order valence-electron chi connectivity index (χ2n) is 5.27. The third kappa shape index (κ3) is 3.62. The minimum Gasteiger partial charge on any atom is -0.456 e. The predicted molar refractivity (Wildman–Crippen MR) is 101 cm³/mol. The van der Waals surface area contributed by atoms with Gasteiger partial charge in [-0.05, 0) is 36.4 Å². The van der Waals surface area contributed by atoms with Crippen molar-refractivity contribution in [3.63, 3.8) is 0 Å². The second-order valence-corrected chi connectivity index (χ2v) is 6.11. The van der Waals surface area contributed by atoms with Gasteiger partial charge in [0.1, 0.15) is 11.5 Å². The Morgan fingerprint density at radius 1 is 1.15 bits per heavy atom. The van der Waals surface area contributed by atoms with Gasteiger partial charge in [-0.1, -0.05) is 41.4 Å². The van der Waals surface area contributed by atoms with E-state index in [1.165, 1.54) is 12.1 Å². The average Bonchev–Trinajstić information content (AvgIpc) is 3.08. The molecule has 0 spiro atoms. The highest BCUT2D eigenvalue weighted by Crippen LogP contribution is 2.33. The third-order valence-corrected chi connectivity index (χ3v) is 4.17. The number of benzene rings is 2. The minimum absolute atomic E-state index is 0.0568. The van der Waals surface area contributed by atoms with Gasteiger partial charge < -0.3 is 4.42 Å². The molecule has 26 heavy (non-hydrogen) atoms. The molecule has 3 aromatic rings. The maximum Gasteiger partial charge on any atom is 0.280 e. The molecule has 0 unspecified atom stereocenters. The zero-order chi connectivity index (χ0) is 18.7. The number of nitro groups is 1. The molecule has 2 aromatic carbocycles. The molecule has 3 rings (SSSR count). The van der Waals surface area contributed by atoms with Crippen LogP contribution in [0.3, 0.4) is 0 Å². The Kier molecular flexibility index (Phi) is 5.08. The largest absolute Gasteiger partial charge is 0.456 e. The molecular formula is C19H10Cl2N2O3. The normalized spacial score (nSPS) is 11.2. The lowest BCUT2D eigenvalue weighted by atomic mass is 10.1. The van der Waals surface area contributed by atoms with Gasteiger partial charge in [0, 0.05) is 16.7 Å². The minimum atomic E-state index is -0.471. The first-order valence-electron chi connectivity index (χ1n) is 7.40. The Labute approximate surface area is 158 Å². The summed E-state index contributed by atoms with van der Waals surface area (Å²) >= 11 is 12.0. The van der Waals surface area contributed by atoms with Crippen LogP contribution in [0.15, 0.2) is 59.0 Å². The van der Waals surface area contributed by atoms with Crippen molar-refractivity contribution in [3.8, 4) is 17.4 Å². The van der Waals surface area contributed by atoms with Crippen LogP contribution < -0.4 is 0 Å². The van der Waals surface area contributed by atoms with E-state index in [1.54, 1.807) is 48.5 Å². The Balaban J connectivity index is 2.01. The molecule has 1 heterocycles. The van der Waals surface area contributed by atoms with Gasteiger partial charge in [0.2, 0.25) is 0 Å². The fourth-order valence-electron chi connectivity index (χ4n) is 2.44. The summed E-state index contributed by atoms with van der Waals surface area (Å²) in [5, 5.41) is 21.4. The van der Waals surface area contributed by atoms with Gasteiger partial charge in [-0.15, -0.1) is 0 Å². The van der Waals surface area contributed by atoms with Gasteiger partial charge in [-0.25, -0.2) is 0 Å². The van der Waals surface area contributed by atoms with Crippen molar-refractivity contribution < 1.29 is 9.34 Å². The molecule has 0 radical (unpaired) electrons. The lowest BCUT2D eigenvalue weighted by molar-refractivity contribution is -0.384. The molecular weight excluding hydrogens is 375 g/mol. The van der Waals surface area contributed by atoms with Crippen molar-refractivity contribution in [2.45, 2.75) is 0 Å². The first kappa shape index (κ1) is 17.7. The van der Waals surface area contributed by atoms with Crippen LogP contribution in [0.5, 0.6) is 0 Å². The molecule has 1 aromatic heterocycles. The first-order valence-corrected chi connectivity index (χ1v) is 8.16. The number of nitrogens with zero attached hydrogens (tertiary/aromatic N) is 2. The fraction of sp³-hybridized carbons (Fsp3) is 0. The van der Waals surface area contributed by atoms with Crippen molar-refractivity contribution in [1.82, 2.24) is 0 Å². The number of nitro benzene ring substituents is 1. The molecule has 0 atom stereocenters. The van der Waals surface area contributed by atoms with E-state index in [4.69, 9.17) is 27.6 Å². The topological polar surface area (TPSA) is 80.1 Å². The quantitative estimate of drug-likeness (QED) is 0.303. The number of nitriles is 1. The number of furan rings is 1. The molecule has 0 saturated heterocycles. The van der Waals surface area contributed by atoms with Gasteiger partial charge in [-0.3, -0.25) is 10.1 Å². The highest BCUT2D eigenvalue weighted by molar-refractivity contribution is 6.36. The first-order chi connectivity index (χ1) is 12.5. The van der Waals surface area contributed by atoms with Crippen LogP contribution in [0, 0.1) is 21.4 Å². The zero-order valence-electron chi connectivity index (χ0n) is 13.1. The highest BCUT2D eigenvalue weighted by Gasteiger charge is 2.17. The van der Waals surface area contributed by atoms with E-state index in [1.807, 2.05) is 0 Å². The van der Waals surface area contributed by atoms with E-state index < -0.39 is 4.92 Å². The lowest BCUT2D eigenvalue weighted by Gasteiger charge is -2.02. The van der Waals surface area contributed by atoms with Crippen molar-refractivity contribution in [1.29, 1.82) is 5.26 Å². The molecule has 0 bridgehead atoms. The Morgan fingerprint density at radius 2 is 1.92 bits per heavy atom. The van der Waals surface area contributed by atoms with Crippen LogP contribution in [0.4, 0.5) is 5.69 Å². The summed E-state index contributed by atoms with van der Waals surface area (Å²) in [4.78, 5) is 10.7. The molecule has 7 heteroatoms. The molecule has 0 N–H and O–H groups in total. The fourth-order valence-corrected chi connectivity index (χ4v) is 2.95. The number of para-hydroxylation sites is 1. The Morgan fingerprint density at radius 3 is 2.62 bits per heavy atom. The van der Waals surface area contributed by atoms with Gasteiger partial charge in [0.25, 0.3) is 5.69 Å². The molecule has 128 valence electrons. The number of halogens is 2. The summed E-state index contributed by atoms with van der Waals surface area (Å²) in [5.74, 6) is 0.712. The summed E-state index contributed by atoms with van der Waals surface area (Å²) in [5.41, 5.74) is 1.11. The van der Waals surface area contributed by atoms with Gasteiger partial charge in [0.15, 0.2) is 0 Å².